The van der Waals surface area contributed by atoms with Crippen molar-refractivity contribution in [1.29, 1.82) is 0 Å². The second-order valence-electron chi connectivity index (χ2n) is 10.3. The Morgan fingerprint density at radius 3 is 2.28 bits per heavy atom. The van der Waals surface area contributed by atoms with Gasteiger partial charge < -0.3 is 10.0 Å². The summed E-state index contributed by atoms with van der Waals surface area (Å²) in [5.41, 5.74) is 1.98. The van der Waals surface area contributed by atoms with Gasteiger partial charge in [-0.25, -0.2) is 0 Å². The van der Waals surface area contributed by atoms with Crippen LogP contribution in [0.1, 0.15) is 75.9 Å². The van der Waals surface area contributed by atoms with Gasteiger partial charge in [0, 0.05) is 31.4 Å². The van der Waals surface area contributed by atoms with Crippen molar-refractivity contribution in [3.63, 3.8) is 0 Å². The molecule has 0 unspecified atom stereocenters. The summed E-state index contributed by atoms with van der Waals surface area (Å²) in [6.07, 6.45) is 5.42. The number of piperidine rings is 1. The Bertz CT molecular complexity index is 852. The van der Waals surface area contributed by atoms with Crippen molar-refractivity contribution in [3.8, 4) is 5.75 Å². The number of likely N-dealkylation sites (tertiary alicyclic amines) is 1. The summed E-state index contributed by atoms with van der Waals surface area (Å²) in [5, 5.41) is 18.9. The maximum Gasteiger partial charge on any atom is 0.257 e. The van der Waals surface area contributed by atoms with Gasteiger partial charge in [-0.3, -0.25) is 9.48 Å². The molecule has 6 nitrogen and oxygen atoms in total. The molecule has 29 heavy (non-hydrogen) atoms. The summed E-state index contributed by atoms with van der Waals surface area (Å²) >= 11 is 0. The lowest BCUT2D eigenvalue weighted by molar-refractivity contribution is 0.0677. The third kappa shape index (κ3) is 4.80. The number of carbonyl (C=O) groups is 1. The van der Waals surface area contributed by atoms with Gasteiger partial charge in [-0.1, -0.05) is 52.8 Å². The second kappa shape index (κ2) is 7.81. The molecule has 2 heterocycles. The lowest BCUT2D eigenvalue weighted by Crippen LogP contribution is -2.39. The Hall–Kier alpha value is -2.37. The molecule has 158 valence electrons. The van der Waals surface area contributed by atoms with E-state index in [1.807, 2.05) is 21.8 Å². The Labute approximate surface area is 173 Å². The topological polar surface area (TPSA) is 71.2 Å². The highest BCUT2D eigenvalue weighted by molar-refractivity contribution is 5.97. The third-order valence-electron chi connectivity index (χ3n) is 5.83. The van der Waals surface area contributed by atoms with Crippen molar-refractivity contribution >= 4 is 5.91 Å². The van der Waals surface area contributed by atoms with Gasteiger partial charge in [0.25, 0.3) is 5.91 Å². The molecule has 0 spiro atoms. The summed E-state index contributed by atoms with van der Waals surface area (Å²) < 4.78 is 1.86. The van der Waals surface area contributed by atoms with E-state index in [9.17, 15) is 9.90 Å². The first kappa shape index (κ1) is 21.3. The number of aromatic hydroxyl groups is 1. The smallest absolute Gasteiger partial charge is 0.257 e. The van der Waals surface area contributed by atoms with Crippen molar-refractivity contribution in [1.82, 2.24) is 19.9 Å². The molecule has 2 aromatic rings. The zero-order valence-electron chi connectivity index (χ0n) is 18.6. The van der Waals surface area contributed by atoms with Gasteiger partial charge in [-0.15, -0.1) is 5.10 Å². The molecule has 0 saturated carbocycles. The number of hydrogen-bond acceptors (Lipinski definition) is 4. The molecule has 1 aliphatic heterocycles. The van der Waals surface area contributed by atoms with Crippen LogP contribution in [0, 0.1) is 5.92 Å². The fourth-order valence-corrected chi connectivity index (χ4v) is 3.89. The van der Waals surface area contributed by atoms with E-state index >= 15 is 0 Å². The number of aromatic nitrogens is 3. The van der Waals surface area contributed by atoms with Crippen LogP contribution in [0.25, 0.3) is 0 Å². The predicted octanol–water partition coefficient (Wildman–Crippen LogP) is 4.13. The minimum Gasteiger partial charge on any atom is -0.507 e. The third-order valence-corrected chi connectivity index (χ3v) is 5.83. The minimum absolute atomic E-state index is 0.0710. The summed E-state index contributed by atoms with van der Waals surface area (Å²) in [7, 11) is 0. The molecule has 1 amide bonds. The normalized spacial score (nSPS) is 16.3. The maximum atomic E-state index is 13.3. The Balaban J connectivity index is 1.81. The van der Waals surface area contributed by atoms with Gasteiger partial charge in [0.15, 0.2) is 0 Å². The van der Waals surface area contributed by atoms with E-state index in [0.29, 0.717) is 24.6 Å². The molecule has 3 rings (SSSR count). The van der Waals surface area contributed by atoms with Crippen molar-refractivity contribution in [3.05, 3.63) is 41.2 Å². The Kier molecular flexibility index (Phi) is 5.74. The minimum atomic E-state index is -0.245. The lowest BCUT2D eigenvalue weighted by Gasteiger charge is -2.33. The highest BCUT2D eigenvalue weighted by atomic mass is 16.3. The van der Waals surface area contributed by atoms with Crippen LogP contribution in [-0.2, 0) is 17.4 Å². The van der Waals surface area contributed by atoms with E-state index in [-0.39, 0.29) is 22.5 Å². The molecule has 1 aromatic carbocycles. The molecular weight excluding hydrogens is 364 g/mol. The first-order valence-corrected chi connectivity index (χ1v) is 10.5. The molecule has 1 fully saturated rings. The maximum absolute atomic E-state index is 13.3. The van der Waals surface area contributed by atoms with Crippen LogP contribution in [0.2, 0.25) is 0 Å². The quantitative estimate of drug-likeness (QED) is 0.844. The molecule has 0 atom stereocenters. The molecule has 1 N–H and O–H groups in total. The molecule has 0 aliphatic carbocycles. The van der Waals surface area contributed by atoms with E-state index in [1.165, 1.54) is 0 Å². The van der Waals surface area contributed by atoms with E-state index in [0.717, 1.165) is 30.5 Å². The van der Waals surface area contributed by atoms with Gasteiger partial charge in [0.1, 0.15) is 5.75 Å². The van der Waals surface area contributed by atoms with E-state index < -0.39 is 0 Å². The Morgan fingerprint density at radius 2 is 1.76 bits per heavy atom. The van der Waals surface area contributed by atoms with Crippen molar-refractivity contribution in [2.75, 3.05) is 13.1 Å². The van der Waals surface area contributed by atoms with Crippen LogP contribution in [0.3, 0.4) is 0 Å². The number of carbonyl (C=O) groups excluding carboxylic acids is 1. The van der Waals surface area contributed by atoms with Crippen LogP contribution in [0.4, 0.5) is 0 Å². The molecule has 0 bridgehead atoms. The number of phenolic OH excluding ortho intramolecular Hbond substituents is 1. The van der Waals surface area contributed by atoms with Crippen LogP contribution in [-0.4, -0.2) is 44.0 Å². The van der Waals surface area contributed by atoms with E-state index in [4.69, 9.17) is 0 Å². The summed E-state index contributed by atoms with van der Waals surface area (Å²) in [4.78, 5) is 15.2. The van der Waals surface area contributed by atoms with Gasteiger partial charge in [0.05, 0.1) is 11.8 Å². The van der Waals surface area contributed by atoms with Crippen LogP contribution >= 0.6 is 0 Å². The van der Waals surface area contributed by atoms with Crippen LogP contribution < -0.4 is 0 Å². The standard InChI is InChI=1S/C23H34N4O2/c1-22(2,3)17-13-18(20(28)19(14-17)23(4,5)6)21(29)26-10-7-16(8-11-26)15-27-12-9-24-25-27/h9,12-14,16,28H,7-8,10-11,15H2,1-6H3. The zero-order valence-corrected chi connectivity index (χ0v) is 18.6. The van der Waals surface area contributed by atoms with E-state index in [1.54, 1.807) is 6.20 Å². The number of phenols is 1. The van der Waals surface area contributed by atoms with Gasteiger partial charge in [-0.05, 0) is 41.2 Å². The highest BCUT2D eigenvalue weighted by Gasteiger charge is 2.30. The number of rotatable bonds is 3. The zero-order chi connectivity index (χ0) is 21.4. The fraction of sp³-hybridized carbons (Fsp3) is 0.609. The molecule has 1 saturated heterocycles. The first-order valence-electron chi connectivity index (χ1n) is 10.5. The molecular formula is C23H34N4O2. The summed E-state index contributed by atoms with van der Waals surface area (Å²) in [6.45, 7) is 14.8. The second-order valence-corrected chi connectivity index (χ2v) is 10.3. The first-order chi connectivity index (χ1) is 13.5. The predicted molar refractivity (Wildman–Crippen MR) is 114 cm³/mol. The van der Waals surface area contributed by atoms with Gasteiger partial charge >= 0.3 is 0 Å². The molecule has 1 aliphatic rings. The average molecular weight is 399 g/mol. The van der Waals surface area contributed by atoms with Crippen LogP contribution in [0.15, 0.2) is 24.5 Å². The number of hydrogen-bond donors (Lipinski definition) is 1. The SMILES string of the molecule is CC(C)(C)c1cc(C(=O)N2CCC(Cn3ccnn3)CC2)c(O)c(C(C)(C)C)c1. The summed E-state index contributed by atoms with van der Waals surface area (Å²) in [6, 6.07) is 3.94. The average Bonchev–Trinajstić information content (AvgIpc) is 3.13. The molecule has 1 aromatic heterocycles. The van der Waals surface area contributed by atoms with Gasteiger partial charge in [0.2, 0.25) is 0 Å². The van der Waals surface area contributed by atoms with Gasteiger partial charge in [-0.2, -0.15) is 0 Å². The number of benzene rings is 1. The number of nitrogens with zero attached hydrogens (tertiary/aromatic N) is 4. The summed E-state index contributed by atoms with van der Waals surface area (Å²) in [5.74, 6) is 0.541. The highest BCUT2D eigenvalue weighted by Crippen LogP contribution is 2.38. The largest absolute Gasteiger partial charge is 0.507 e. The van der Waals surface area contributed by atoms with Crippen molar-refractivity contribution < 1.29 is 9.90 Å². The Morgan fingerprint density at radius 1 is 1.10 bits per heavy atom. The monoisotopic (exact) mass is 398 g/mol. The number of amides is 1. The molecule has 0 radical (unpaired) electrons. The lowest BCUT2D eigenvalue weighted by atomic mass is 9.78. The fourth-order valence-electron chi connectivity index (χ4n) is 3.89. The molecule has 6 heteroatoms. The van der Waals surface area contributed by atoms with Crippen molar-refractivity contribution in [2.45, 2.75) is 71.8 Å². The van der Waals surface area contributed by atoms with Crippen molar-refractivity contribution in [2.24, 2.45) is 5.92 Å². The van der Waals surface area contributed by atoms with E-state index in [2.05, 4.69) is 57.9 Å². The van der Waals surface area contributed by atoms with Crippen LogP contribution in [0.5, 0.6) is 5.75 Å².